The molecule has 1 aliphatic rings. The molecule has 1 fully saturated rings. The predicted octanol–water partition coefficient (Wildman–Crippen LogP) is 1.64. The summed E-state index contributed by atoms with van der Waals surface area (Å²) >= 11 is 1.58. The third kappa shape index (κ3) is 3.77. The first kappa shape index (κ1) is 15.4. The first-order valence-corrected chi connectivity index (χ1v) is 8.03. The molecule has 3 unspecified atom stereocenters. The van der Waals surface area contributed by atoms with Crippen molar-refractivity contribution in [1.29, 1.82) is 0 Å². The molecule has 0 aromatic carbocycles. The van der Waals surface area contributed by atoms with Gasteiger partial charge in [-0.25, -0.2) is 4.98 Å². The zero-order valence-electron chi connectivity index (χ0n) is 12.3. The third-order valence-electron chi connectivity index (χ3n) is 3.44. The van der Waals surface area contributed by atoms with Gasteiger partial charge in [-0.3, -0.25) is 4.79 Å². The SMILES string of the molecule is CCCNC1COCC1C(=O)NC(C)c1nc(C)cs1. The van der Waals surface area contributed by atoms with Crippen molar-refractivity contribution in [2.24, 2.45) is 5.92 Å². The molecular formula is C14H23N3O2S. The Morgan fingerprint density at radius 1 is 1.60 bits per heavy atom. The van der Waals surface area contributed by atoms with Gasteiger partial charge in [0.1, 0.15) is 5.01 Å². The van der Waals surface area contributed by atoms with Crippen molar-refractivity contribution in [2.75, 3.05) is 19.8 Å². The number of amides is 1. The van der Waals surface area contributed by atoms with Crippen LogP contribution in [0, 0.1) is 12.8 Å². The van der Waals surface area contributed by atoms with Crippen LogP contribution < -0.4 is 10.6 Å². The summed E-state index contributed by atoms with van der Waals surface area (Å²) in [4.78, 5) is 16.8. The van der Waals surface area contributed by atoms with Crippen LogP contribution in [0.2, 0.25) is 0 Å². The van der Waals surface area contributed by atoms with Crippen molar-refractivity contribution in [1.82, 2.24) is 15.6 Å². The maximum absolute atomic E-state index is 12.4. The molecule has 1 saturated heterocycles. The van der Waals surface area contributed by atoms with Gasteiger partial charge in [0.2, 0.25) is 5.91 Å². The largest absolute Gasteiger partial charge is 0.379 e. The maximum atomic E-state index is 12.4. The molecule has 5 nitrogen and oxygen atoms in total. The predicted molar refractivity (Wildman–Crippen MR) is 79.8 cm³/mol. The van der Waals surface area contributed by atoms with Crippen LogP contribution in [0.4, 0.5) is 0 Å². The molecule has 2 heterocycles. The van der Waals surface area contributed by atoms with E-state index < -0.39 is 0 Å². The Hall–Kier alpha value is -0.980. The molecule has 0 radical (unpaired) electrons. The Morgan fingerprint density at radius 2 is 2.40 bits per heavy atom. The second kappa shape index (κ2) is 7.15. The van der Waals surface area contributed by atoms with Crippen molar-refractivity contribution in [3.8, 4) is 0 Å². The summed E-state index contributed by atoms with van der Waals surface area (Å²) in [6, 6.07) is 0.0776. The molecule has 0 bridgehead atoms. The smallest absolute Gasteiger partial charge is 0.227 e. The lowest BCUT2D eigenvalue weighted by atomic mass is 10.0. The Bertz CT molecular complexity index is 449. The second-order valence-electron chi connectivity index (χ2n) is 5.26. The standard InChI is InChI=1S/C14H23N3O2S/c1-4-5-15-12-7-19-6-11(12)13(18)17-10(3)14-16-9(2)8-20-14/h8,10-12,15H,4-7H2,1-3H3,(H,17,18). The number of aryl methyl sites for hydroxylation is 1. The zero-order valence-corrected chi connectivity index (χ0v) is 13.1. The van der Waals surface area contributed by atoms with Gasteiger partial charge in [0.25, 0.3) is 0 Å². The van der Waals surface area contributed by atoms with Crippen LogP contribution in [-0.2, 0) is 9.53 Å². The van der Waals surface area contributed by atoms with E-state index in [-0.39, 0.29) is 23.9 Å². The highest BCUT2D eigenvalue weighted by molar-refractivity contribution is 7.09. The van der Waals surface area contributed by atoms with Gasteiger partial charge < -0.3 is 15.4 Å². The van der Waals surface area contributed by atoms with E-state index in [1.165, 1.54) is 0 Å². The molecule has 0 aliphatic carbocycles. The van der Waals surface area contributed by atoms with Gasteiger partial charge in [0.05, 0.1) is 25.2 Å². The summed E-state index contributed by atoms with van der Waals surface area (Å²) in [6.07, 6.45) is 1.06. The van der Waals surface area contributed by atoms with E-state index in [1.807, 2.05) is 19.2 Å². The minimum Gasteiger partial charge on any atom is -0.379 e. The molecule has 6 heteroatoms. The number of nitrogens with zero attached hydrogens (tertiary/aromatic N) is 1. The molecule has 112 valence electrons. The monoisotopic (exact) mass is 297 g/mol. The number of hydrogen-bond acceptors (Lipinski definition) is 5. The highest BCUT2D eigenvalue weighted by atomic mass is 32.1. The van der Waals surface area contributed by atoms with Crippen LogP contribution in [-0.4, -0.2) is 36.7 Å². The molecule has 1 aromatic rings. The van der Waals surface area contributed by atoms with E-state index in [1.54, 1.807) is 11.3 Å². The van der Waals surface area contributed by atoms with Crippen LogP contribution in [0.1, 0.15) is 37.0 Å². The zero-order chi connectivity index (χ0) is 14.5. The number of hydrogen-bond donors (Lipinski definition) is 2. The van der Waals surface area contributed by atoms with Gasteiger partial charge in [-0.1, -0.05) is 6.92 Å². The minimum atomic E-state index is -0.106. The summed E-state index contributed by atoms with van der Waals surface area (Å²) in [7, 11) is 0. The number of carbonyl (C=O) groups is 1. The molecule has 1 amide bonds. The van der Waals surface area contributed by atoms with Crippen LogP contribution >= 0.6 is 11.3 Å². The normalized spacial score (nSPS) is 23.8. The van der Waals surface area contributed by atoms with E-state index in [4.69, 9.17) is 4.74 Å². The molecular weight excluding hydrogens is 274 g/mol. The quantitative estimate of drug-likeness (QED) is 0.838. The van der Waals surface area contributed by atoms with E-state index in [9.17, 15) is 4.79 Å². The van der Waals surface area contributed by atoms with Crippen molar-refractivity contribution in [3.05, 3.63) is 16.1 Å². The number of ether oxygens (including phenoxy) is 1. The average molecular weight is 297 g/mol. The molecule has 0 saturated carbocycles. The second-order valence-corrected chi connectivity index (χ2v) is 6.15. The lowest BCUT2D eigenvalue weighted by Crippen LogP contribution is -2.44. The summed E-state index contributed by atoms with van der Waals surface area (Å²) < 4.78 is 5.44. The fraction of sp³-hybridized carbons (Fsp3) is 0.714. The van der Waals surface area contributed by atoms with Crippen molar-refractivity contribution in [2.45, 2.75) is 39.3 Å². The number of thiazole rings is 1. The van der Waals surface area contributed by atoms with Gasteiger partial charge in [0, 0.05) is 17.1 Å². The number of nitrogens with one attached hydrogen (secondary N) is 2. The van der Waals surface area contributed by atoms with Crippen molar-refractivity contribution >= 4 is 17.2 Å². The van der Waals surface area contributed by atoms with Gasteiger partial charge in [-0.2, -0.15) is 0 Å². The third-order valence-corrected chi connectivity index (χ3v) is 4.59. The van der Waals surface area contributed by atoms with Crippen LogP contribution in [0.3, 0.4) is 0 Å². The van der Waals surface area contributed by atoms with Gasteiger partial charge in [-0.05, 0) is 26.8 Å². The summed E-state index contributed by atoms with van der Waals surface area (Å²) in [6.45, 7) is 8.08. The Morgan fingerprint density at radius 3 is 3.05 bits per heavy atom. The first-order chi connectivity index (χ1) is 9.61. The topological polar surface area (TPSA) is 63.2 Å². The summed E-state index contributed by atoms with van der Waals surface area (Å²) in [5.41, 5.74) is 0.998. The lowest BCUT2D eigenvalue weighted by molar-refractivity contribution is -0.126. The van der Waals surface area contributed by atoms with Crippen molar-refractivity contribution in [3.63, 3.8) is 0 Å². The first-order valence-electron chi connectivity index (χ1n) is 7.15. The number of rotatable bonds is 6. The van der Waals surface area contributed by atoms with Gasteiger partial charge >= 0.3 is 0 Å². The Balaban J connectivity index is 1.90. The fourth-order valence-electron chi connectivity index (χ4n) is 2.30. The van der Waals surface area contributed by atoms with Crippen LogP contribution in [0.5, 0.6) is 0 Å². The average Bonchev–Trinajstić information content (AvgIpc) is 3.04. The van der Waals surface area contributed by atoms with Crippen molar-refractivity contribution < 1.29 is 9.53 Å². The summed E-state index contributed by atoms with van der Waals surface area (Å²) in [5.74, 6) is -0.0542. The fourth-order valence-corrected chi connectivity index (χ4v) is 3.10. The van der Waals surface area contributed by atoms with E-state index in [0.717, 1.165) is 23.7 Å². The highest BCUT2D eigenvalue weighted by Gasteiger charge is 2.34. The number of aromatic nitrogens is 1. The minimum absolute atomic E-state index is 0.0476. The van der Waals surface area contributed by atoms with E-state index in [2.05, 4.69) is 22.5 Å². The molecule has 2 rings (SSSR count). The molecule has 20 heavy (non-hydrogen) atoms. The number of carbonyl (C=O) groups excluding carboxylic acids is 1. The lowest BCUT2D eigenvalue weighted by Gasteiger charge is -2.20. The van der Waals surface area contributed by atoms with Gasteiger partial charge in [0.15, 0.2) is 0 Å². The van der Waals surface area contributed by atoms with E-state index in [0.29, 0.717) is 13.2 Å². The van der Waals surface area contributed by atoms with Crippen LogP contribution in [0.25, 0.3) is 0 Å². The van der Waals surface area contributed by atoms with E-state index >= 15 is 0 Å². The molecule has 1 aromatic heterocycles. The Kier molecular flexibility index (Phi) is 5.51. The van der Waals surface area contributed by atoms with Crippen LogP contribution in [0.15, 0.2) is 5.38 Å². The Labute approximate surface area is 124 Å². The molecule has 3 atom stereocenters. The summed E-state index contributed by atoms with van der Waals surface area (Å²) in [5, 5.41) is 9.38. The molecule has 2 N–H and O–H groups in total. The maximum Gasteiger partial charge on any atom is 0.227 e. The molecule has 0 spiro atoms. The van der Waals surface area contributed by atoms with Gasteiger partial charge in [-0.15, -0.1) is 11.3 Å². The molecule has 1 aliphatic heterocycles. The highest BCUT2D eigenvalue weighted by Crippen LogP contribution is 2.20.